The highest BCUT2D eigenvalue weighted by Crippen LogP contribution is 2.17. The molecule has 0 saturated heterocycles. The van der Waals surface area contributed by atoms with Gasteiger partial charge in [-0.1, -0.05) is 237 Å². The van der Waals surface area contributed by atoms with Gasteiger partial charge in [-0.15, -0.1) is 0 Å². The van der Waals surface area contributed by atoms with Crippen molar-refractivity contribution in [2.75, 3.05) is 13.2 Å². The predicted octanol–water partition coefficient (Wildman–Crippen LogP) is 17.6. The van der Waals surface area contributed by atoms with Crippen molar-refractivity contribution < 1.29 is 24.5 Å². The highest BCUT2D eigenvalue weighted by molar-refractivity contribution is 5.76. The summed E-state index contributed by atoms with van der Waals surface area (Å²) in [5.74, 6) is -0.0742. The maximum absolute atomic E-state index is 12.5. The molecule has 0 saturated carbocycles. The van der Waals surface area contributed by atoms with Gasteiger partial charge in [-0.2, -0.15) is 0 Å². The summed E-state index contributed by atoms with van der Waals surface area (Å²) in [6, 6.07) is -0.554. The number of aliphatic hydroxyl groups is 2. The summed E-state index contributed by atoms with van der Waals surface area (Å²) in [6.45, 7) is 4.90. The van der Waals surface area contributed by atoms with Crippen LogP contribution in [0.1, 0.15) is 303 Å². The van der Waals surface area contributed by atoms with Gasteiger partial charge in [-0.05, 0) is 89.9 Å². The molecule has 0 aromatic carbocycles. The molecule has 65 heavy (non-hydrogen) atoms. The van der Waals surface area contributed by atoms with Gasteiger partial charge in [0.15, 0.2) is 0 Å². The van der Waals surface area contributed by atoms with Gasteiger partial charge in [0.25, 0.3) is 0 Å². The van der Waals surface area contributed by atoms with Crippen LogP contribution in [-0.4, -0.2) is 47.4 Å². The number of hydrogen-bond donors (Lipinski definition) is 3. The molecule has 0 bridgehead atoms. The van der Waals surface area contributed by atoms with Crippen molar-refractivity contribution in [3.8, 4) is 0 Å². The fourth-order valence-corrected chi connectivity index (χ4v) is 8.72. The first-order valence-corrected chi connectivity index (χ1v) is 28.7. The molecular formula is C59H111NO5. The van der Waals surface area contributed by atoms with Crippen molar-refractivity contribution >= 4 is 11.9 Å². The number of allylic oxidation sites excluding steroid dienone is 6. The van der Waals surface area contributed by atoms with Crippen molar-refractivity contribution in [3.63, 3.8) is 0 Å². The van der Waals surface area contributed by atoms with Crippen LogP contribution in [0, 0.1) is 0 Å². The average Bonchev–Trinajstić information content (AvgIpc) is 3.31. The molecule has 6 nitrogen and oxygen atoms in total. The van der Waals surface area contributed by atoms with Crippen LogP contribution in [-0.2, 0) is 14.3 Å². The zero-order chi connectivity index (χ0) is 47.2. The molecule has 0 aromatic rings. The first-order chi connectivity index (χ1) is 32.0. The van der Waals surface area contributed by atoms with E-state index in [0.717, 1.165) is 83.5 Å². The molecule has 0 aliphatic heterocycles. The van der Waals surface area contributed by atoms with Crippen LogP contribution in [0.3, 0.4) is 0 Å². The van der Waals surface area contributed by atoms with Crippen LogP contribution >= 0.6 is 0 Å². The zero-order valence-corrected chi connectivity index (χ0v) is 43.5. The van der Waals surface area contributed by atoms with Crippen molar-refractivity contribution in [2.45, 2.75) is 315 Å². The van der Waals surface area contributed by atoms with Gasteiger partial charge in [0.1, 0.15) is 0 Å². The third-order valence-corrected chi connectivity index (χ3v) is 13.2. The Bertz CT molecular complexity index is 1060. The normalized spacial score (nSPS) is 12.9. The van der Waals surface area contributed by atoms with Crippen LogP contribution in [0.15, 0.2) is 36.5 Å². The lowest BCUT2D eigenvalue weighted by Crippen LogP contribution is -2.45. The van der Waals surface area contributed by atoms with Crippen LogP contribution < -0.4 is 5.32 Å². The van der Waals surface area contributed by atoms with E-state index in [1.807, 2.05) is 0 Å². The maximum Gasteiger partial charge on any atom is 0.305 e. The second-order valence-corrected chi connectivity index (χ2v) is 19.6. The topological polar surface area (TPSA) is 95.9 Å². The molecule has 2 unspecified atom stereocenters. The van der Waals surface area contributed by atoms with E-state index < -0.39 is 12.1 Å². The summed E-state index contributed by atoms with van der Waals surface area (Å²) in [5.41, 5.74) is 0. The Morgan fingerprint density at radius 1 is 0.431 bits per heavy atom. The molecule has 0 heterocycles. The predicted molar refractivity (Wildman–Crippen MR) is 283 cm³/mol. The van der Waals surface area contributed by atoms with Gasteiger partial charge in [0, 0.05) is 12.8 Å². The van der Waals surface area contributed by atoms with Gasteiger partial charge in [0.2, 0.25) is 5.91 Å². The van der Waals surface area contributed by atoms with Crippen LogP contribution in [0.25, 0.3) is 0 Å². The number of hydrogen-bond acceptors (Lipinski definition) is 5. The summed E-state index contributed by atoms with van der Waals surface area (Å²) in [4.78, 5) is 24.5. The Kier molecular flexibility index (Phi) is 53.1. The smallest absolute Gasteiger partial charge is 0.305 e. The molecule has 6 heteroatoms. The van der Waals surface area contributed by atoms with E-state index in [4.69, 9.17) is 4.74 Å². The molecule has 0 aliphatic carbocycles. The lowest BCUT2D eigenvalue weighted by atomic mass is 10.0. The summed E-state index contributed by atoms with van der Waals surface area (Å²) in [6.07, 6.45) is 67.0. The minimum atomic E-state index is -0.675. The van der Waals surface area contributed by atoms with Gasteiger partial charge < -0.3 is 20.3 Å². The highest BCUT2D eigenvalue weighted by Gasteiger charge is 2.20. The molecule has 0 spiro atoms. The second kappa shape index (κ2) is 54.7. The third-order valence-electron chi connectivity index (χ3n) is 13.2. The number of rotatable bonds is 53. The monoisotopic (exact) mass is 914 g/mol. The summed E-state index contributed by atoms with van der Waals surface area (Å²) in [7, 11) is 0. The Hall–Kier alpha value is -1.92. The number of unbranched alkanes of at least 4 members (excludes halogenated alkanes) is 36. The van der Waals surface area contributed by atoms with E-state index in [1.54, 1.807) is 0 Å². The number of aliphatic hydroxyl groups excluding tert-OH is 2. The fourth-order valence-electron chi connectivity index (χ4n) is 8.72. The molecule has 0 aliphatic rings. The minimum Gasteiger partial charge on any atom is -0.466 e. The lowest BCUT2D eigenvalue weighted by molar-refractivity contribution is -0.143. The Balaban J connectivity index is 3.51. The maximum atomic E-state index is 12.5. The molecular weight excluding hydrogens is 803 g/mol. The molecule has 2 atom stereocenters. The average molecular weight is 915 g/mol. The van der Waals surface area contributed by atoms with Crippen LogP contribution in [0.2, 0.25) is 0 Å². The number of amides is 1. The van der Waals surface area contributed by atoms with Crippen molar-refractivity contribution in [2.24, 2.45) is 0 Å². The molecule has 382 valence electrons. The quantitative estimate of drug-likeness (QED) is 0.0321. The van der Waals surface area contributed by atoms with Crippen molar-refractivity contribution in [3.05, 3.63) is 36.5 Å². The SMILES string of the molecule is CCCCCCC/C=C\CCCCCCCC(=O)OCCCCC/C=C\C/C=C\CCCCCCCCCC(=O)NC(CO)C(O)CCCCCCCCCCCCCCCCCCC. The number of esters is 1. The van der Waals surface area contributed by atoms with Crippen LogP contribution in [0.4, 0.5) is 0 Å². The first kappa shape index (κ1) is 63.1. The Morgan fingerprint density at radius 3 is 1.18 bits per heavy atom. The molecule has 0 fully saturated rings. The molecule has 1 amide bonds. The fraction of sp³-hybridized carbons (Fsp3) is 0.864. The molecule has 0 radical (unpaired) electrons. The Labute approximate surface area is 404 Å². The molecule has 0 rings (SSSR count). The van der Waals surface area contributed by atoms with E-state index in [2.05, 4.69) is 55.6 Å². The summed E-state index contributed by atoms with van der Waals surface area (Å²) in [5, 5.41) is 23.3. The standard InChI is InChI=1S/C59H111NO5/c1-3-5-7-9-11-13-15-17-19-21-24-27-31-35-39-43-47-51-57(62)56(55-61)60-58(63)52-48-44-40-36-32-28-25-22-20-23-26-30-34-38-42-46-50-54-65-59(64)53-49-45-41-37-33-29-18-16-14-12-10-8-6-4-2/h16,18,20,23,30,34,56-57,61-62H,3-15,17,19,21-22,24-29,31-33,35-55H2,1-2H3,(H,60,63)/b18-16-,23-20-,34-30-. The second-order valence-electron chi connectivity index (χ2n) is 19.6. The summed E-state index contributed by atoms with van der Waals surface area (Å²) >= 11 is 0. The highest BCUT2D eigenvalue weighted by atomic mass is 16.5. The van der Waals surface area contributed by atoms with E-state index in [-0.39, 0.29) is 18.5 Å². The van der Waals surface area contributed by atoms with Gasteiger partial charge >= 0.3 is 5.97 Å². The van der Waals surface area contributed by atoms with E-state index in [9.17, 15) is 19.8 Å². The minimum absolute atomic E-state index is 0.0240. The number of nitrogens with one attached hydrogen (secondary N) is 1. The molecule has 3 N–H and O–H groups in total. The van der Waals surface area contributed by atoms with Crippen molar-refractivity contribution in [1.29, 1.82) is 0 Å². The van der Waals surface area contributed by atoms with Gasteiger partial charge in [-0.3, -0.25) is 9.59 Å². The molecule has 0 aromatic heterocycles. The third kappa shape index (κ3) is 51.3. The lowest BCUT2D eigenvalue weighted by Gasteiger charge is -2.22. The van der Waals surface area contributed by atoms with E-state index in [1.165, 1.54) is 186 Å². The largest absolute Gasteiger partial charge is 0.466 e. The number of ether oxygens (including phenoxy) is 1. The van der Waals surface area contributed by atoms with E-state index in [0.29, 0.717) is 25.9 Å². The van der Waals surface area contributed by atoms with Gasteiger partial charge in [0.05, 0.1) is 25.4 Å². The Morgan fingerprint density at radius 2 is 0.769 bits per heavy atom. The van der Waals surface area contributed by atoms with Gasteiger partial charge in [-0.25, -0.2) is 0 Å². The number of carbonyl (C=O) groups is 2. The number of carbonyl (C=O) groups excluding carboxylic acids is 2. The first-order valence-electron chi connectivity index (χ1n) is 28.7. The summed E-state index contributed by atoms with van der Waals surface area (Å²) < 4.78 is 5.44. The zero-order valence-electron chi connectivity index (χ0n) is 43.5. The van der Waals surface area contributed by atoms with Crippen molar-refractivity contribution in [1.82, 2.24) is 5.32 Å². The van der Waals surface area contributed by atoms with E-state index >= 15 is 0 Å². The van der Waals surface area contributed by atoms with Crippen LogP contribution in [0.5, 0.6) is 0 Å².